The summed E-state index contributed by atoms with van der Waals surface area (Å²) in [7, 11) is 0. The summed E-state index contributed by atoms with van der Waals surface area (Å²) in [6.07, 6.45) is 3.17. The number of likely N-dealkylation sites (tertiary alicyclic amines) is 1. The summed E-state index contributed by atoms with van der Waals surface area (Å²) >= 11 is 0. The molecule has 0 aliphatic carbocycles. The first-order valence-corrected chi connectivity index (χ1v) is 7.18. The second-order valence-corrected chi connectivity index (χ2v) is 6.31. The molecule has 2 aliphatic heterocycles. The third-order valence-electron chi connectivity index (χ3n) is 4.50. The van der Waals surface area contributed by atoms with Crippen molar-refractivity contribution in [3.05, 3.63) is 0 Å². The van der Waals surface area contributed by atoms with E-state index in [4.69, 9.17) is 0 Å². The zero-order chi connectivity index (χ0) is 14.0. The van der Waals surface area contributed by atoms with E-state index in [2.05, 4.69) is 12.2 Å². The lowest BCUT2D eigenvalue weighted by Crippen LogP contribution is -2.51. The van der Waals surface area contributed by atoms with Gasteiger partial charge in [-0.1, -0.05) is 0 Å². The van der Waals surface area contributed by atoms with Crippen LogP contribution >= 0.6 is 0 Å². The number of nitrogens with one attached hydrogen (secondary N) is 1. The van der Waals surface area contributed by atoms with Crippen molar-refractivity contribution in [1.82, 2.24) is 10.2 Å². The Bertz CT molecular complexity index is 372. The number of carbonyl (C=O) groups excluding carboxylic acids is 1. The third kappa shape index (κ3) is 3.08. The fourth-order valence-corrected chi connectivity index (χ4v) is 3.22. The topological polar surface area (TPSA) is 69.6 Å². The predicted molar refractivity (Wildman–Crippen MR) is 71.7 cm³/mol. The molecule has 2 saturated heterocycles. The minimum Gasteiger partial charge on any atom is -0.481 e. The summed E-state index contributed by atoms with van der Waals surface area (Å²) in [6, 6.07) is 0.373. The summed E-state index contributed by atoms with van der Waals surface area (Å²) in [6.45, 7) is 5.79. The highest BCUT2D eigenvalue weighted by Crippen LogP contribution is 2.31. The predicted octanol–water partition coefficient (Wildman–Crippen LogP) is 1.09. The molecule has 1 amide bonds. The van der Waals surface area contributed by atoms with Crippen LogP contribution in [-0.4, -0.2) is 47.6 Å². The van der Waals surface area contributed by atoms with Crippen molar-refractivity contribution in [2.24, 2.45) is 11.3 Å². The van der Waals surface area contributed by atoms with E-state index in [0.29, 0.717) is 25.6 Å². The van der Waals surface area contributed by atoms with Crippen LogP contribution in [0.25, 0.3) is 0 Å². The number of piperidine rings is 2. The normalized spacial score (nSPS) is 36.0. The number of hydrogen-bond acceptors (Lipinski definition) is 3. The van der Waals surface area contributed by atoms with Crippen LogP contribution in [0.5, 0.6) is 0 Å². The van der Waals surface area contributed by atoms with Crippen LogP contribution in [0.4, 0.5) is 0 Å². The average molecular weight is 268 g/mol. The minimum absolute atomic E-state index is 0.0624. The molecular formula is C14H24N2O3. The van der Waals surface area contributed by atoms with E-state index in [1.165, 1.54) is 0 Å². The Morgan fingerprint density at radius 3 is 2.79 bits per heavy atom. The molecule has 3 atom stereocenters. The van der Waals surface area contributed by atoms with Crippen LogP contribution in [0, 0.1) is 11.3 Å². The summed E-state index contributed by atoms with van der Waals surface area (Å²) < 4.78 is 0. The van der Waals surface area contributed by atoms with Gasteiger partial charge in [-0.15, -0.1) is 0 Å². The molecule has 2 fully saturated rings. The quantitative estimate of drug-likeness (QED) is 0.786. The van der Waals surface area contributed by atoms with Crippen molar-refractivity contribution in [2.75, 3.05) is 19.6 Å². The molecule has 2 rings (SSSR count). The molecule has 2 heterocycles. The van der Waals surface area contributed by atoms with Crippen molar-refractivity contribution < 1.29 is 14.7 Å². The van der Waals surface area contributed by atoms with Crippen molar-refractivity contribution in [1.29, 1.82) is 0 Å². The van der Waals surface area contributed by atoms with Gasteiger partial charge >= 0.3 is 5.97 Å². The molecule has 2 aliphatic rings. The first-order chi connectivity index (χ1) is 8.92. The highest BCUT2D eigenvalue weighted by atomic mass is 16.4. The van der Waals surface area contributed by atoms with E-state index >= 15 is 0 Å². The van der Waals surface area contributed by atoms with Gasteiger partial charge in [-0.05, 0) is 46.1 Å². The maximum atomic E-state index is 12.5. The Morgan fingerprint density at radius 1 is 1.42 bits per heavy atom. The average Bonchev–Trinajstić information content (AvgIpc) is 2.38. The molecule has 0 radical (unpaired) electrons. The number of carboxylic acid groups (broad SMARTS) is 1. The van der Waals surface area contributed by atoms with Crippen LogP contribution in [0.15, 0.2) is 0 Å². The number of aliphatic carboxylic acids is 1. The molecule has 0 aromatic heterocycles. The zero-order valence-electron chi connectivity index (χ0n) is 11.8. The van der Waals surface area contributed by atoms with Crippen molar-refractivity contribution in [3.63, 3.8) is 0 Å². The van der Waals surface area contributed by atoms with Crippen molar-refractivity contribution in [2.45, 2.75) is 45.6 Å². The Kier molecular flexibility index (Phi) is 4.13. The monoisotopic (exact) mass is 268 g/mol. The SMILES string of the molecule is CC1CC(C(=O)N2CCCC(C)(C(=O)O)C2)CCN1. The maximum Gasteiger partial charge on any atom is 0.311 e. The van der Waals surface area contributed by atoms with E-state index < -0.39 is 11.4 Å². The van der Waals surface area contributed by atoms with Crippen LogP contribution < -0.4 is 5.32 Å². The lowest BCUT2D eigenvalue weighted by atomic mass is 9.81. The van der Waals surface area contributed by atoms with Crippen LogP contribution in [0.2, 0.25) is 0 Å². The van der Waals surface area contributed by atoms with Gasteiger partial charge < -0.3 is 15.3 Å². The van der Waals surface area contributed by atoms with E-state index in [1.807, 2.05) is 0 Å². The Morgan fingerprint density at radius 2 is 2.16 bits per heavy atom. The molecule has 0 spiro atoms. The molecule has 0 aromatic rings. The van der Waals surface area contributed by atoms with Crippen molar-refractivity contribution >= 4 is 11.9 Å². The van der Waals surface area contributed by atoms with Gasteiger partial charge in [-0.25, -0.2) is 0 Å². The lowest BCUT2D eigenvalue weighted by Gasteiger charge is -2.40. The van der Waals surface area contributed by atoms with Gasteiger partial charge in [0.25, 0.3) is 0 Å². The highest BCUT2D eigenvalue weighted by Gasteiger charge is 2.41. The first kappa shape index (κ1) is 14.3. The Hall–Kier alpha value is -1.10. The Balaban J connectivity index is 2.01. The lowest BCUT2D eigenvalue weighted by molar-refractivity contribution is -0.154. The molecule has 0 bridgehead atoms. The van der Waals surface area contributed by atoms with Crippen LogP contribution in [-0.2, 0) is 9.59 Å². The van der Waals surface area contributed by atoms with Crippen LogP contribution in [0.3, 0.4) is 0 Å². The molecule has 3 unspecified atom stereocenters. The highest BCUT2D eigenvalue weighted by molar-refractivity contribution is 5.81. The second-order valence-electron chi connectivity index (χ2n) is 6.31. The van der Waals surface area contributed by atoms with Gasteiger partial charge in [0, 0.05) is 25.0 Å². The molecule has 2 N–H and O–H groups in total. The van der Waals surface area contributed by atoms with Gasteiger partial charge in [0.15, 0.2) is 0 Å². The smallest absolute Gasteiger partial charge is 0.311 e. The van der Waals surface area contributed by atoms with E-state index in [-0.39, 0.29) is 11.8 Å². The number of carboxylic acids is 1. The number of rotatable bonds is 2. The van der Waals surface area contributed by atoms with Gasteiger partial charge in [0.2, 0.25) is 5.91 Å². The molecule has 0 saturated carbocycles. The van der Waals surface area contributed by atoms with Gasteiger partial charge in [0.1, 0.15) is 0 Å². The standard InChI is InChI=1S/C14H24N2O3/c1-10-8-11(4-6-15-10)12(17)16-7-3-5-14(2,9-16)13(18)19/h10-11,15H,3-9H2,1-2H3,(H,18,19). The van der Waals surface area contributed by atoms with Gasteiger partial charge in [-0.3, -0.25) is 9.59 Å². The van der Waals surface area contributed by atoms with E-state index in [1.54, 1.807) is 11.8 Å². The van der Waals surface area contributed by atoms with Gasteiger partial charge in [0.05, 0.1) is 5.41 Å². The summed E-state index contributed by atoms with van der Waals surface area (Å²) in [5, 5.41) is 12.6. The summed E-state index contributed by atoms with van der Waals surface area (Å²) in [5.41, 5.74) is -0.771. The molecule has 0 aromatic carbocycles. The number of hydrogen-bond donors (Lipinski definition) is 2. The number of nitrogens with zero attached hydrogens (tertiary/aromatic N) is 1. The summed E-state index contributed by atoms with van der Waals surface area (Å²) in [4.78, 5) is 25.6. The van der Waals surface area contributed by atoms with Crippen molar-refractivity contribution in [3.8, 4) is 0 Å². The molecule has 108 valence electrons. The minimum atomic E-state index is -0.788. The molecule has 19 heavy (non-hydrogen) atoms. The third-order valence-corrected chi connectivity index (χ3v) is 4.50. The number of amides is 1. The Labute approximate surface area is 114 Å². The summed E-state index contributed by atoms with van der Waals surface area (Å²) in [5.74, 6) is -0.573. The van der Waals surface area contributed by atoms with Gasteiger partial charge in [-0.2, -0.15) is 0 Å². The van der Waals surface area contributed by atoms with E-state index in [0.717, 1.165) is 25.8 Å². The zero-order valence-corrected chi connectivity index (χ0v) is 11.8. The molecular weight excluding hydrogens is 244 g/mol. The van der Waals surface area contributed by atoms with E-state index in [9.17, 15) is 14.7 Å². The fourth-order valence-electron chi connectivity index (χ4n) is 3.22. The largest absolute Gasteiger partial charge is 0.481 e. The van der Waals surface area contributed by atoms with Crippen LogP contribution in [0.1, 0.15) is 39.5 Å². The number of carbonyl (C=O) groups is 2. The first-order valence-electron chi connectivity index (χ1n) is 7.18. The molecule has 5 nitrogen and oxygen atoms in total. The molecule has 5 heteroatoms. The second kappa shape index (κ2) is 5.49. The fraction of sp³-hybridized carbons (Fsp3) is 0.857. The maximum absolute atomic E-state index is 12.5.